The van der Waals surface area contributed by atoms with Crippen LogP contribution in [-0.4, -0.2) is 38.6 Å². The Morgan fingerprint density at radius 1 is 1.09 bits per heavy atom. The Labute approximate surface area is 126 Å². The molecule has 1 aromatic carbocycles. The SMILES string of the molecule is O=S(=O)(Cc1nnnn1Cc1ccccc1)c1cnccn1. The van der Waals surface area contributed by atoms with Crippen LogP contribution in [0.2, 0.25) is 0 Å². The summed E-state index contributed by atoms with van der Waals surface area (Å²) in [7, 11) is -3.63. The zero-order valence-electron chi connectivity index (χ0n) is 11.4. The van der Waals surface area contributed by atoms with Crippen LogP contribution in [-0.2, 0) is 22.1 Å². The average Bonchev–Trinajstić information content (AvgIpc) is 2.95. The van der Waals surface area contributed by atoms with E-state index in [1.807, 2.05) is 30.3 Å². The fourth-order valence-electron chi connectivity index (χ4n) is 1.90. The van der Waals surface area contributed by atoms with Gasteiger partial charge in [-0.15, -0.1) is 5.10 Å². The third-order valence-corrected chi connectivity index (χ3v) is 4.44. The van der Waals surface area contributed by atoms with Crippen LogP contribution in [0.1, 0.15) is 11.4 Å². The molecule has 3 aromatic rings. The molecule has 2 heterocycles. The normalized spacial score (nSPS) is 11.5. The largest absolute Gasteiger partial charge is 0.260 e. The fraction of sp³-hybridized carbons (Fsp3) is 0.154. The summed E-state index contributed by atoms with van der Waals surface area (Å²) in [6.07, 6.45) is 3.96. The molecule has 0 aliphatic heterocycles. The molecule has 8 nitrogen and oxygen atoms in total. The molecule has 0 aliphatic rings. The van der Waals surface area contributed by atoms with Gasteiger partial charge in [-0.2, -0.15) is 0 Å². The predicted molar refractivity (Wildman–Crippen MR) is 76.3 cm³/mol. The first-order valence-corrected chi connectivity index (χ1v) is 8.08. The van der Waals surface area contributed by atoms with Crippen LogP contribution in [0.3, 0.4) is 0 Å². The van der Waals surface area contributed by atoms with Crippen molar-refractivity contribution in [3.8, 4) is 0 Å². The van der Waals surface area contributed by atoms with Crippen molar-refractivity contribution in [2.24, 2.45) is 0 Å². The van der Waals surface area contributed by atoms with Crippen LogP contribution < -0.4 is 0 Å². The monoisotopic (exact) mass is 316 g/mol. The Bertz CT molecular complexity index is 849. The van der Waals surface area contributed by atoms with Gasteiger partial charge in [-0.25, -0.2) is 18.1 Å². The molecule has 0 aliphatic carbocycles. The summed E-state index contributed by atoms with van der Waals surface area (Å²) < 4.78 is 26.0. The van der Waals surface area contributed by atoms with Crippen LogP contribution in [0, 0.1) is 0 Å². The molecular formula is C13H12N6O2S. The van der Waals surface area contributed by atoms with Crippen molar-refractivity contribution >= 4 is 9.84 Å². The van der Waals surface area contributed by atoms with Gasteiger partial charge in [-0.1, -0.05) is 30.3 Å². The minimum absolute atomic E-state index is 0.0933. The maximum absolute atomic E-state index is 12.3. The van der Waals surface area contributed by atoms with Crippen LogP contribution >= 0.6 is 0 Å². The van der Waals surface area contributed by atoms with Gasteiger partial charge in [0.25, 0.3) is 0 Å². The summed E-state index contributed by atoms with van der Waals surface area (Å²) in [4.78, 5) is 7.59. The molecule has 0 saturated heterocycles. The zero-order valence-corrected chi connectivity index (χ0v) is 12.3. The molecule has 0 atom stereocenters. The van der Waals surface area contributed by atoms with Crippen molar-refractivity contribution in [1.82, 2.24) is 30.2 Å². The molecule has 2 aromatic heterocycles. The summed E-state index contributed by atoms with van der Waals surface area (Å²) in [5.41, 5.74) is 0.980. The van der Waals surface area contributed by atoms with Crippen LogP contribution in [0.25, 0.3) is 0 Å². The second-order valence-electron chi connectivity index (χ2n) is 4.54. The van der Waals surface area contributed by atoms with E-state index < -0.39 is 9.84 Å². The topological polar surface area (TPSA) is 104 Å². The number of nitrogens with zero attached hydrogens (tertiary/aromatic N) is 6. The van der Waals surface area contributed by atoms with E-state index in [9.17, 15) is 8.42 Å². The quantitative estimate of drug-likeness (QED) is 0.674. The lowest BCUT2D eigenvalue weighted by Crippen LogP contribution is -2.14. The van der Waals surface area contributed by atoms with Crippen LogP contribution in [0.5, 0.6) is 0 Å². The smallest absolute Gasteiger partial charge is 0.204 e. The third kappa shape index (κ3) is 3.14. The van der Waals surface area contributed by atoms with E-state index in [1.165, 1.54) is 23.3 Å². The van der Waals surface area contributed by atoms with Gasteiger partial charge in [0.15, 0.2) is 10.9 Å². The molecule has 0 radical (unpaired) electrons. The number of hydrogen-bond acceptors (Lipinski definition) is 7. The van der Waals surface area contributed by atoms with E-state index in [1.54, 1.807) is 0 Å². The lowest BCUT2D eigenvalue weighted by atomic mass is 10.2. The van der Waals surface area contributed by atoms with Crippen molar-refractivity contribution in [1.29, 1.82) is 0 Å². The van der Waals surface area contributed by atoms with E-state index in [0.717, 1.165) is 5.56 Å². The van der Waals surface area contributed by atoms with Crippen molar-refractivity contribution < 1.29 is 8.42 Å². The van der Waals surface area contributed by atoms with Crippen LogP contribution in [0.4, 0.5) is 0 Å². The highest BCUT2D eigenvalue weighted by Gasteiger charge is 2.21. The predicted octanol–water partition coefficient (Wildman–Crippen LogP) is 0.485. The van der Waals surface area contributed by atoms with E-state index in [4.69, 9.17) is 0 Å². The molecule has 112 valence electrons. The van der Waals surface area contributed by atoms with E-state index in [-0.39, 0.29) is 16.6 Å². The number of rotatable bonds is 5. The molecule has 0 unspecified atom stereocenters. The van der Waals surface area contributed by atoms with Crippen LogP contribution in [0.15, 0.2) is 53.9 Å². The molecule has 0 bridgehead atoms. The molecule has 0 fully saturated rings. The Kier molecular flexibility index (Phi) is 3.88. The number of hydrogen-bond donors (Lipinski definition) is 0. The molecule has 22 heavy (non-hydrogen) atoms. The molecule has 0 amide bonds. The first kappa shape index (κ1) is 14.3. The number of sulfone groups is 1. The Morgan fingerprint density at radius 2 is 1.91 bits per heavy atom. The summed E-state index contributed by atoms with van der Waals surface area (Å²) in [6, 6.07) is 9.54. The summed E-state index contributed by atoms with van der Waals surface area (Å²) >= 11 is 0. The number of aromatic nitrogens is 6. The maximum Gasteiger partial charge on any atom is 0.204 e. The molecule has 0 spiro atoms. The molecule has 9 heteroatoms. The summed E-state index contributed by atoms with van der Waals surface area (Å²) in [5.74, 6) is -0.0690. The highest BCUT2D eigenvalue weighted by Crippen LogP contribution is 2.12. The van der Waals surface area contributed by atoms with Crippen molar-refractivity contribution in [2.45, 2.75) is 17.3 Å². The highest BCUT2D eigenvalue weighted by molar-refractivity contribution is 7.90. The average molecular weight is 316 g/mol. The fourth-order valence-corrected chi connectivity index (χ4v) is 3.03. The first-order chi connectivity index (χ1) is 10.6. The summed E-state index contributed by atoms with van der Waals surface area (Å²) in [5, 5.41) is 11.1. The minimum atomic E-state index is -3.63. The van der Waals surface area contributed by atoms with Crippen molar-refractivity contribution in [3.05, 3.63) is 60.3 Å². The number of benzene rings is 1. The minimum Gasteiger partial charge on any atom is -0.260 e. The summed E-state index contributed by atoms with van der Waals surface area (Å²) in [6.45, 7) is 0.402. The van der Waals surface area contributed by atoms with Gasteiger partial charge in [0, 0.05) is 12.4 Å². The van der Waals surface area contributed by atoms with Gasteiger partial charge in [0.05, 0.1) is 12.7 Å². The molecule has 0 saturated carbocycles. The zero-order chi connectivity index (χ0) is 15.4. The van der Waals surface area contributed by atoms with E-state index in [2.05, 4.69) is 25.5 Å². The van der Waals surface area contributed by atoms with Crippen molar-refractivity contribution in [2.75, 3.05) is 0 Å². The van der Waals surface area contributed by atoms with E-state index in [0.29, 0.717) is 6.54 Å². The first-order valence-electron chi connectivity index (χ1n) is 6.43. The van der Waals surface area contributed by atoms with E-state index >= 15 is 0 Å². The second kappa shape index (κ2) is 5.98. The van der Waals surface area contributed by atoms with Gasteiger partial charge in [0.1, 0.15) is 5.75 Å². The van der Waals surface area contributed by atoms with Gasteiger partial charge >= 0.3 is 0 Å². The van der Waals surface area contributed by atoms with Crippen molar-refractivity contribution in [3.63, 3.8) is 0 Å². The standard InChI is InChI=1S/C13H12N6O2S/c20-22(21,13-8-14-6-7-15-13)10-12-16-17-18-19(12)9-11-4-2-1-3-5-11/h1-8H,9-10H2. The Morgan fingerprint density at radius 3 is 2.64 bits per heavy atom. The molecule has 3 rings (SSSR count). The van der Waals surface area contributed by atoms with Gasteiger partial charge in [0.2, 0.25) is 9.84 Å². The lowest BCUT2D eigenvalue weighted by Gasteiger charge is -2.05. The second-order valence-corrected chi connectivity index (χ2v) is 6.48. The van der Waals surface area contributed by atoms with Gasteiger partial charge in [-0.05, 0) is 16.0 Å². The molecule has 0 N–H and O–H groups in total. The highest BCUT2D eigenvalue weighted by atomic mass is 32.2. The lowest BCUT2D eigenvalue weighted by molar-refractivity contribution is 0.582. The third-order valence-electron chi connectivity index (χ3n) is 2.96. The molecular weight excluding hydrogens is 304 g/mol. The Hall–Kier alpha value is -2.68. The number of tetrazole rings is 1. The van der Waals surface area contributed by atoms with Gasteiger partial charge < -0.3 is 0 Å². The van der Waals surface area contributed by atoms with Gasteiger partial charge in [-0.3, -0.25) is 4.98 Å². The maximum atomic E-state index is 12.3. The Balaban J connectivity index is 1.84.